The van der Waals surface area contributed by atoms with Crippen molar-refractivity contribution in [1.82, 2.24) is 9.55 Å². The highest BCUT2D eigenvalue weighted by atomic mass is 35.5. The molecule has 19 heavy (non-hydrogen) atoms. The van der Waals surface area contributed by atoms with Gasteiger partial charge in [0.25, 0.3) is 0 Å². The van der Waals surface area contributed by atoms with Crippen LogP contribution in [0, 0.1) is 5.41 Å². The van der Waals surface area contributed by atoms with Gasteiger partial charge in [-0.2, -0.15) is 0 Å². The Morgan fingerprint density at radius 1 is 1.37 bits per heavy atom. The lowest BCUT2D eigenvalue weighted by atomic mass is 9.87. The number of aromatic nitrogens is 2. The van der Waals surface area contributed by atoms with Crippen molar-refractivity contribution in [2.24, 2.45) is 11.1 Å². The van der Waals surface area contributed by atoms with Crippen molar-refractivity contribution in [3.8, 4) is 0 Å². The van der Waals surface area contributed by atoms with Gasteiger partial charge in [-0.15, -0.1) is 0 Å². The van der Waals surface area contributed by atoms with E-state index in [1.54, 1.807) is 0 Å². The smallest absolute Gasteiger partial charge is 0.127 e. The van der Waals surface area contributed by atoms with Crippen molar-refractivity contribution in [1.29, 1.82) is 0 Å². The van der Waals surface area contributed by atoms with E-state index >= 15 is 0 Å². The van der Waals surface area contributed by atoms with Crippen LogP contribution in [0.2, 0.25) is 5.02 Å². The van der Waals surface area contributed by atoms with E-state index in [4.69, 9.17) is 22.3 Å². The van der Waals surface area contributed by atoms with E-state index in [1.807, 2.05) is 18.2 Å². The van der Waals surface area contributed by atoms with Crippen LogP contribution in [0.5, 0.6) is 0 Å². The summed E-state index contributed by atoms with van der Waals surface area (Å²) in [7, 11) is 0. The molecule has 3 rings (SSSR count). The van der Waals surface area contributed by atoms with Gasteiger partial charge in [-0.1, -0.05) is 32.4 Å². The molecule has 1 aromatic carbocycles. The lowest BCUT2D eigenvalue weighted by molar-refractivity contribution is 0.308. The zero-order chi connectivity index (χ0) is 13.8. The van der Waals surface area contributed by atoms with Gasteiger partial charge in [-0.3, -0.25) is 0 Å². The molecule has 0 aliphatic heterocycles. The quantitative estimate of drug-likeness (QED) is 0.899. The molecule has 0 saturated heterocycles. The summed E-state index contributed by atoms with van der Waals surface area (Å²) >= 11 is 6.12. The third-order valence-corrected chi connectivity index (χ3v) is 4.04. The average Bonchev–Trinajstić information content (AvgIpc) is 3.08. The van der Waals surface area contributed by atoms with Crippen molar-refractivity contribution in [3.05, 3.63) is 29.0 Å². The number of nitrogens with two attached hydrogens (primary N) is 1. The van der Waals surface area contributed by atoms with Crippen molar-refractivity contribution in [3.63, 3.8) is 0 Å². The fraction of sp³-hybridized carbons (Fsp3) is 0.533. The molecule has 1 aromatic heterocycles. The Morgan fingerprint density at radius 3 is 2.63 bits per heavy atom. The van der Waals surface area contributed by atoms with Gasteiger partial charge in [0, 0.05) is 11.1 Å². The number of imidazole rings is 1. The lowest BCUT2D eigenvalue weighted by Gasteiger charge is -2.27. The van der Waals surface area contributed by atoms with E-state index in [0.717, 1.165) is 21.9 Å². The fourth-order valence-corrected chi connectivity index (χ4v) is 2.57. The average molecular weight is 278 g/mol. The van der Waals surface area contributed by atoms with Crippen LogP contribution in [0.4, 0.5) is 0 Å². The normalized spacial score (nSPS) is 17.9. The van der Waals surface area contributed by atoms with Crippen LogP contribution in [-0.4, -0.2) is 9.55 Å². The summed E-state index contributed by atoms with van der Waals surface area (Å²) in [4.78, 5) is 4.76. The van der Waals surface area contributed by atoms with Crippen LogP contribution >= 0.6 is 11.6 Å². The molecule has 1 aliphatic carbocycles. The number of hydrogen-bond acceptors (Lipinski definition) is 2. The third-order valence-electron chi connectivity index (χ3n) is 3.80. The largest absolute Gasteiger partial charge is 0.323 e. The first kappa shape index (κ1) is 12.9. The van der Waals surface area contributed by atoms with E-state index in [-0.39, 0.29) is 11.5 Å². The zero-order valence-corrected chi connectivity index (χ0v) is 12.4. The minimum atomic E-state index is -0.0701. The summed E-state index contributed by atoms with van der Waals surface area (Å²) in [6.45, 7) is 6.46. The standard InChI is InChI=1S/C15H20ClN3/c1-15(2,3)13(17)14-18-11-7-4-9(16)8-12(11)19(14)10-5-6-10/h4,7-8,10,13H,5-6,17H2,1-3H3. The number of rotatable bonds is 2. The SMILES string of the molecule is CC(C)(C)C(N)c1nc2ccc(Cl)cc2n1C1CC1. The summed E-state index contributed by atoms with van der Waals surface area (Å²) in [6, 6.07) is 6.35. The predicted octanol–water partition coefficient (Wildman–Crippen LogP) is 4.07. The van der Waals surface area contributed by atoms with Crippen LogP contribution in [0.15, 0.2) is 18.2 Å². The maximum absolute atomic E-state index is 6.42. The molecular formula is C15H20ClN3. The highest BCUT2D eigenvalue weighted by molar-refractivity contribution is 6.31. The lowest BCUT2D eigenvalue weighted by Crippen LogP contribution is -2.29. The predicted molar refractivity (Wildman–Crippen MR) is 79.4 cm³/mol. The Labute approximate surface area is 118 Å². The highest BCUT2D eigenvalue weighted by Crippen LogP contribution is 2.42. The van der Waals surface area contributed by atoms with Crippen molar-refractivity contribution < 1.29 is 0 Å². The minimum Gasteiger partial charge on any atom is -0.323 e. The summed E-state index contributed by atoms with van der Waals surface area (Å²) in [6.07, 6.45) is 2.42. The molecule has 102 valence electrons. The first-order valence-corrected chi connectivity index (χ1v) is 7.18. The molecule has 1 fully saturated rings. The van der Waals surface area contributed by atoms with E-state index in [9.17, 15) is 0 Å². The Morgan fingerprint density at radius 2 is 2.05 bits per heavy atom. The Kier molecular flexibility index (Phi) is 2.88. The van der Waals surface area contributed by atoms with E-state index < -0.39 is 0 Å². The van der Waals surface area contributed by atoms with Gasteiger partial charge in [-0.05, 0) is 36.5 Å². The van der Waals surface area contributed by atoms with Gasteiger partial charge in [0.1, 0.15) is 5.82 Å². The van der Waals surface area contributed by atoms with E-state index in [0.29, 0.717) is 6.04 Å². The van der Waals surface area contributed by atoms with Crippen molar-refractivity contribution >= 4 is 22.6 Å². The molecule has 1 saturated carbocycles. The first-order chi connectivity index (χ1) is 8.88. The topological polar surface area (TPSA) is 43.8 Å². The Balaban J connectivity index is 2.21. The summed E-state index contributed by atoms with van der Waals surface area (Å²) < 4.78 is 2.30. The van der Waals surface area contributed by atoms with Gasteiger partial charge in [0.05, 0.1) is 17.1 Å². The van der Waals surface area contributed by atoms with E-state index in [2.05, 4.69) is 25.3 Å². The second-order valence-electron chi connectivity index (χ2n) is 6.55. The van der Waals surface area contributed by atoms with Crippen LogP contribution in [0.3, 0.4) is 0 Å². The number of fused-ring (bicyclic) bond motifs is 1. The maximum Gasteiger partial charge on any atom is 0.127 e. The van der Waals surface area contributed by atoms with Gasteiger partial charge in [-0.25, -0.2) is 4.98 Å². The molecule has 1 heterocycles. The summed E-state index contributed by atoms with van der Waals surface area (Å²) in [5.41, 5.74) is 8.53. The maximum atomic E-state index is 6.42. The third kappa shape index (κ3) is 2.26. The molecule has 1 aliphatic rings. The molecule has 2 aromatic rings. The summed E-state index contributed by atoms with van der Waals surface area (Å²) in [5.74, 6) is 0.993. The van der Waals surface area contributed by atoms with Gasteiger partial charge in [0.2, 0.25) is 0 Å². The Bertz CT molecular complexity index is 620. The molecule has 0 spiro atoms. The second-order valence-corrected chi connectivity index (χ2v) is 6.98. The number of hydrogen-bond donors (Lipinski definition) is 1. The number of benzene rings is 1. The number of nitrogens with zero attached hydrogens (tertiary/aromatic N) is 2. The van der Waals surface area contributed by atoms with Crippen LogP contribution in [0.1, 0.15) is 51.5 Å². The first-order valence-electron chi connectivity index (χ1n) is 6.81. The molecule has 1 unspecified atom stereocenters. The molecule has 0 bridgehead atoms. The number of halogens is 1. The second kappa shape index (κ2) is 4.22. The minimum absolute atomic E-state index is 0.00217. The van der Waals surface area contributed by atoms with Gasteiger partial charge in [0.15, 0.2) is 0 Å². The molecule has 0 amide bonds. The fourth-order valence-electron chi connectivity index (χ4n) is 2.41. The van der Waals surface area contributed by atoms with Crippen molar-refractivity contribution in [2.75, 3.05) is 0 Å². The molecule has 2 N–H and O–H groups in total. The van der Waals surface area contributed by atoms with Crippen LogP contribution in [-0.2, 0) is 0 Å². The van der Waals surface area contributed by atoms with Crippen molar-refractivity contribution in [2.45, 2.75) is 45.7 Å². The summed E-state index contributed by atoms with van der Waals surface area (Å²) in [5, 5.41) is 0.755. The molecular weight excluding hydrogens is 258 g/mol. The molecule has 1 atom stereocenters. The zero-order valence-electron chi connectivity index (χ0n) is 11.7. The molecule has 4 heteroatoms. The highest BCUT2D eigenvalue weighted by Gasteiger charge is 2.33. The molecule has 3 nitrogen and oxygen atoms in total. The molecule has 0 radical (unpaired) electrons. The van der Waals surface area contributed by atoms with Gasteiger partial charge < -0.3 is 10.3 Å². The Hall–Kier alpha value is -1.06. The van der Waals surface area contributed by atoms with E-state index in [1.165, 1.54) is 12.8 Å². The van der Waals surface area contributed by atoms with Gasteiger partial charge >= 0.3 is 0 Å². The van der Waals surface area contributed by atoms with Crippen LogP contribution in [0.25, 0.3) is 11.0 Å². The van der Waals surface area contributed by atoms with Crippen LogP contribution < -0.4 is 5.73 Å². The monoisotopic (exact) mass is 277 g/mol.